The first-order chi connectivity index (χ1) is 13.7. The Labute approximate surface area is 169 Å². The van der Waals surface area contributed by atoms with E-state index in [0.717, 1.165) is 61.4 Å². The molecule has 28 heavy (non-hydrogen) atoms. The Hall–Kier alpha value is -2.14. The average Bonchev–Trinajstić information content (AvgIpc) is 3.11. The van der Waals surface area contributed by atoms with E-state index in [-0.39, 0.29) is 5.56 Å². The van der Waals surface area contributed by atoms with Crippen LogP contribution in [-0.4, -0.2) is 22.6 Å². The lowest BCUT2D eigenvalue weighted by molar-refractivity contribution is 0.398. The van der Waals surface area contributed by atoms with Crippen LogP contribution in [0.4, 0.5) is 5.95 Å². The van der Waals surface area contributed by atoms with Gasteiger partial charge in [0.05, 0.1) is 5.39 Å². The molecule has 0 atom stereocenters. The second-order valence-corrected chi connectivity index (χ2v) is 9.37. The van der Waals surface area contributed by atoms with E-state index in [0.29, 0.717) is 5.92 Å². The minimum atomic E-state index is 0.144. The minimum Gasteiger partial charge on any atom is -0.342 e. The zero-order valence-electron chi connectivity index (χ0n) is 16.5. The molecule has 5 rings (SSSR count). The Morgan fingerprint density at radius 3 is 2.64 bits per heavy atom. The van der Waals surface area contributed by atoms with Gasteiger partial charge in [-0.15, -0.1) is 11.3 Å². The van der Waals surface area contributed by atoms with Crippen molar-refractivity contribution in [1.29, 1.82) is 0 Å². The Morgan fingerprint density at radius 1 is 1.11 bits per heavy atom. The molecule has 146 valence electrons. The van der Waals surface area contributed by atoms with Crippen LogP contribution in [0.25, 0.3) is 10.2 Å². The molecule has 1 aliphatic carbocycles. The van der Waals surface area contributed by atoms with Crippen molar-refractivity contribution in [2.75, 3.05) is 18.0 Å². The molecule has 0 amide bonds. The molecule has 1 aliphatic heterocycles. The Morgan fingerprint density at radius 2 is 1.86 bits per heavy atom. The average molecular weight is 394 g/mol. The first-order valence-electron chi connectivity index (χ1n) is 10.5. The third-order valence-electron chi connectivity index (χ3n) is 6.44. The number of thiophene rings is 1. The van der Waals surface area contributed by atoms with Gasteiger partial charge < -0.3 is 4.90 Å². The van der Waals surface area contributed by atoms with Crippen LogP contribution in [0.5, 0.6) is 0 Å². The zero-order chi connectivity index (χ0) is 19.1. The molecular formula is C23H27N3OS. The molecule has 1 fully saturated rings. The van der Waals surface area contributed by atoms with E-state index >= 15 is 0 Å². The van der Waals surface area contributed by atoms with E-state index in [1.54, 1.807) is 15.9 Å². The van der Waals surface area contributed by atoms with Gasteiger partial charge in [0.15, 0.2) is 0 Å². The van der Waals surface area contributed by atoms with Crippen LogP contribution in [0.15, 0.2) is 35.1 Å². The summed E-state index contributed by atoms with van der Waals surface area (Å²) in [6, 6.07) is 10.8. The largest absolute Gasteiger partial charge is 0.342 e. The minimum absolute atomic E-state index is 0.144. The fourth-order valence-corrected chi connectivity index (χ4v) is 6.09. The summed E-state index contributed by atoms with van der Waals surface area (Å²) in [6.07, 6.45) is 8.04. The van der Waals surface area contributed by atoms with Crippen LogP contribution >= 0.6 is 11.3 Å². The van der Waals surface area contributed by atoms with Crippen LogP contribution < -0.4 is 10.5 Å². The van der Waals surface area contributed by atoms with Crippen LogP contribution in [0.3, 0.4) is 0 Å². The van der Waals surface area contributed by atoms with Crippen molar-refractivity contribution in [3.8, 4) is 0 Å². The quantitative estimate of drug-likeness (QED) is 0.665. The molecular weight excluding hydrogens is 366 g/mol. The van der Waals surface area contributed by atoms with E-state index in [2.05, 4.69) is 35.2 Å². The molecule has 3 heterocycles. The van der Waals surface area contributed by atoms with Crippen molar-refractivity contribution in [1.82, 2.24) is 9.55 Å². The molecule has 1 aromatic carbocycles. The lowest BCUT2D eigenvalue weighted by Gasteiger charge is -2.33. The van der Waals surface area contributed by atoms with Gasteiger partial charge in [-0.1, -0.05) is 30.3 Å². The third kappa shape index (κ3) is 3.16. The number of hydrogen-bond acceptors (Lipinski definition) is 4. The van der Waals surface area contributed by atoms with Crippen LogP contribution in [-0.2, 0) is 26.3 Å². The van der Waals surface area contributed by atoms with E-state index in [1.807, 2.05) is 7.05 Å². The number of piperidine rings is 1. The smallest absolute Gasteiger partial charge is 0.263 e. The topological polar surface area (TPSA) is 38.1 Å². The summed E-state index contributed by atoms with van der Waals surface area (Å²) in [5, 5.41) is 0.893. The molecule has 2 aromatic heterocycles. The van der Waals surface area contributed by atoms with Crippen LogP contribution in [0.1, 0.15) is 41.7 Å². The van der Waals surface area contributed by atoms with Gasteiger partial charge >= 0.3 is 0 Å². The van der Waals surface area contributed by atoms with Gasteiger partial charge in [-0.3, -0.25) is 9.36 Å². The van der Waals surface area contributed by atoms with Crippen molar-refractivity contribution in [2.24, 2.45) is 13.0 Å². The van der Waals surface area contributed by atoms with Crippen molar-refractivity contribution in [3.63, 3.8) is 0 Å². The summed E-state index contributed by atoms with van der Waals surface area (Å²) >= 11 is 1.75. The van der Waals surface area contributed by atoms with Crippen LogP contribution in [0.2, 0.25) is 0 Å². The summed E-state index contributed by atoms with van der Waals surface area (Å²) in [5.74, 6) is 1.57. The molecule has 5 heteroatoms. The first-order valence-corrected chi connectivity index (χ1v) is 11.3. The van der Waals surface area contributed by atoms with E-state index < -0.39 is 0 Å². The van der Waals surface area contributed by atoms with Crippen LogP contribution in [0, 0.1) is 5.92 Å². The Bertz CT molecular complexity index is 1050. The van der Waals surface area contributed by atoms with Crippen molar-refractivity contribution >= 4 is 27.5 Å². The number of aryl methyl sites for hydroxylation is 2. The van der Waals surface area contributed by atoms with Gasteiger partial charge in [0, 0.05) is 25.0 Å². The SMILES string of the molecule is Cn1c(N2CCC(Cc3ccccc3)CC2)nc2sc3c(c2c1=O)CCCC3. The fourth-order valence-electron chi connectivity index (χ4n) is 4.84. The number of nitrogens with zero attached hydrogens (tertiary/aromatic N) is 3. The zero-order valence-corrected chi connectivity index (χ0v) is 17.3. The summed E-state index contributed by atoms with van der Waals surface area (Å²) in [5.41, 5.74) is 2.86. The number of anilines is 1. The molecule has 0 saturated carbocycles. The van der Waals surface area contributed by atoms with Crippen molar-refractivity contribution in [2.45, 2.75) is 44.9 Å². The Balaban J connectivity index is 1.38. The number of hydrogen-bond donors (Lipinski definition) is 0. The molecule has 0 N–H and O–H groups in total. The highest BCUT2D eigenvalue weighted by Gasteiger charge is 2.25. The number of benzene rings is 1. The second-order valence-electron chi connectivity index (χ2n) is 8.29. The van der Waals surface area contributed by atoms with Gasteiger partial charge in [0.25, 0.3) is 5.56 Å². The van der Waals surface area contributed by atoms with Gasteiger partial charge in [-0.25, -0.2) is 4.98 Å². The highest BCUT2D eigenvalue weighted by molar-refractivity contribution is 7.18. The van der Waals surface area contributed by atoms with E-state index in [9.17, 15) is 4.79 Å². The van der Waals surface area contributed by atoms with Crippen molar-refractivity contribution < 1.29 is 0 Å². The molecule has 0 radical (unpaired) electrons. The number of rotatable bonds is 3. The summed E-state index contributed by atoms with van der Waals surface area (Å²) in [4.78, 5) is 22.8. The monoisotopic (exact) mass is 393 g/mol. The van der Waals surface area contributed by atoms with E-state index in [4.69, 9.17) is 4.98 Å². The van der Waals surface area contributed by atoms with Gasteiger partial charge in [-0.05, 0) is 62.0 Å². The highest BCUT2D eigenvalue weighted by atomic mass is 32.1. The van der Waals surface area contributed by atoms with Gasteiger partial charge in [0.2, 0.25) is 5.95 Å². The second kappa shape index (κ2) is 7.36. The van der Waals surface area contributed by atoms with Crippen molar-refractivity contribution in [3.05, 3.63) is 56.7 Å². The van der Waals surface area contributed by atoms with Gasteiger partial charge in [0.1, 0.15) is 4.83 Å². The molecule has 2 aliphatic rings. The standard InChI is InChI=1S/C23H27N3OS/c1-25-22(27)20-18-9-5-6-10-19(18)28-21(20)24-23(25)26-13-11-17(12-14-26)15-16-7-3-2-4-8-16/h2-4,7-8,17H,5-6,9-15H2,1H3. The molecule has 1 saturated heterocycles. The maximum absolute atomic E-state index is 13.1. The van der Waals surface area contributed by atoms with E-state index in [1.165, 1.54) is 28.8 Å². The summed E-state index contributed by atoms with van der Waals surface area (Å²) in [7, 11) is 1.90. The predicted octanol–water partition coefficient (Wildman–Crippen LogP) is 4.33. The molecule has 0 unspecified atom stereocenters. The maximum atomic E-state index is 13.1. The molecule has 4 nitrogen and oxygen atoms in total. The summed E-state index contributed by atoms with van der Waals surface area (Å²) in [6.45, 7) is 1.96. The Kier molecular flexibility index (Phi) is 4.71. The third-order valence-corrected chi connectivity index (χ3v) is 7.62. The maximum Gasteiger partial charge on any atom is 0.263 e. The normalized spacial score (nSPS) is 17.8. The summed E-state index contributed by atoms with van der Waals surface area (Å²) < 4.78 is 1.79. The lowest BCUT2D eigenvalue weighted by atomic mass is 9.90. The van der Waals surface area contributed by atoms with Gasteiger partial charge in [-0.2, -0.15) is 0 Å². The number of aromatic nitrogens is 2. The highest BCUT2D eigenvalue weighted by Crippen LogP contribution is 2.35. The molecule has 0 spiro atoms. The first kappa shape index (κ1) is 17.9. The fraction of sp³-hybridized carbons (Fsp3) is 0.478. The number of fused-ring (bicyclic) bond motifs is 3. The molecule has 0 bridgehead atoms. The predicted molar refractivity (Wildman–Crippen MR) is 117 cm³/mol. The lowest BCUT2D eigenvalue weighted by Crippen LogP contribution is -2.38. The molecule has 3 aromatic rings.